The molecule has 0 radical (unpaired) electrons. The average Bonchev–Trinajstić information content (AvgIpc) is 2.43. The van der Waals surface area contributed by atoms with Gasteiger partial charge in [-0.1, -0.05) is 31.8 Å². The summed E-state index contributed by atoms with van der Waals surface area (Å²) in [7, 11) is 1.83. The smallest absolute Gasteiger partial charge is 0.253 e. The Bertz CT molecular complexity index is 511. The van der Waals surface area contributed by atoms with Gasteiger partial charge in [-0.05, 0) is 37.5 Å². The number of hydrogen-bond acceptors (Lipinski definition) is 2. The fourth-order valence-electron chi connectivity index (χ4n) is 2.12. The first-order chi connectivity index (χ1) is 9.45. The van der Waals surface area contributed by atoms with Crippen LogP contribution in [0.4, 0.5) is 0 Å². The van der Waals surface area contributed by atoms with E-state index in [1.807, 2.05) is 19.2 Å². The summed E-state index contributed by atoms with van der Waals surface area (Å²) < 4.78 is 0. The lowest BCUT2D eigenvalue weighted by atomic mass is 10.0. The molecule has 0 spiro atoms. The summed E-state index contributed by atoms with van der Waals surface area (Å²) in [6.45, 7) is 6.19. The minimum absolute atomic E-state index is 0.00537. The standard InChI is InChI=1S/C17H23NO2/c1-13(2)11-14(3)18(4)17(20)16-9-5-7-15(12-16)8-6-10-19/h5,7,9,12-14,19H,10-11H2,1-4H3. The number of benzene rings is 1. The fraction of sp³-hybridized carbons (Fsp3) is 0.471. The van der Waals surface area contributed by atoms with Crippen LogP contribution in [0.25, 0.3) is 0 Å². The predicted octanol–water partition coefficient (Wildman–Crippen LogP) is 2.54. The highest BCUT2D eigenvalue weighted by Gasteiger charge is 2.18. The molecule has 108 valence electrons. The van der Waals surface area contributed by atoms with Crippen LogP contribution in [0.1, 0.15) is 43.1 Å². The van der Waals surface area contributed by atoms with E-state index in [-0.39, 0.29) is 18.6 Å². The van der Waals surface area contributed by atoms with Gasteiger partial charge < -0.3 is 10.0 Å². The van der Waals surface area contributed by atoms with Gasteiger partial charge in [0, 0.05) is 24.2 Å². The Morgan fingerprint density at radius 1 is 1.35 bits per heavy atom. The lowest BCUT2D eigenvalue weighted by Crippen LogP contribution is -2.35. The van der Waals surface area contributed by atoms with Crippen molar-refractivity contribution in [1.29, 1.82) is 0 Å². The second-order valence-corrected chi connectivity index (χ2v) is 5.44. The molecular weight excluding hydrogens is 250 g/mol. The molecule has 0 aliphatic carbocycles. The summed E-state index contributed by atoms with van der Waals surface area (Å²) in [6.07, 6.45) is 0.978. The lowest BCUT2D eigenvalue weighted by Gasteiger charge is -2.26. The molecule has 0 saturated heterocycles. The number of hydrogen-bond donors (Lipinski definition) is 1. The van der Waals surface area contributed by atoms with Gasteiger partial charge in [-0.2, -0.15) is 0 Å². The van der Waals surface area contributed by atoms with Crippen molar-refractivity contribution in [3.8, 4) is 11.8 Å². The molecule has 1 amide bonds. The highest BCUT2D eigenvalue weighted by molar-refractivity contribution is 5.94. The van der Waals surface area contributed by atoms with E-state index in [4.69, 9.17) is 5.11 Å². The molecule has 0 aliphatic heterocycles. The van der Waals surface area contributed by atoms with Gasteiger partial charge in [0.2, 0.25) is 0 Å². The van der Waals surface area contributed by atoms with E-state index in [2.05, 4.69) is 32.6 Å². The van der Waals surface area contributed by atoms with Crippen molar-refractivity contribution in [3.63, 3.8) is 0 Å². The first kappa shape index (κ1) is 16.3. The maximum Gasteiger partial charge on any atom is 0.253 e. The van der Waals surface area contributed by atoms with Gasteiger partial charge in [-0.15, -0.1) is 0 Å². The molecule has 1 atom stereocenters. The molecular formula is C17H23NO2. The van der Waals surface area contributed by atoms with E-state index in [1.54, 1.807) is 17.0 Å². The molecule has 20 heavy (non-hydrogen) atoms. The third-order valence-electron chi connectivity index (χ3n) is 3.22. The van der Waals surface area contributed by atoms with Crippen LogP contribution in [-0.2, 0) is 0 Å². The minimum Gasteiger partial charge on any atom is -0.384 e. The number of carbonyl (C=O) groups excluding carboxylic acids is 1. The number of carbonyl (C=O) groups is 1. The van der Waals surface area contributed by atoms with Crippen LogP contribution in [0.15, 0.2) is 24.3 Å². The molecule has 0 aliphatic rings. The van der Waals surface area contributed by atoms with E-state index in [0.717, 1.165) is 12.0 Å². The third kappa shape index (κ3) is 4.71. The summed E-state index contributed by atoms with van der Waals surface area (Å²) in [5, 5.41) is 8.70. The summed E-state index contributed by atoms with van der Waals surface area (Å²) in [6, 6.07) is 7.41. The molecule has 0 bridgehead atoms. The van der Waals surface area contributed by atoms with E-state index in [0.29, 0.717) is 11.5 Å². The van der Waals surface area contributed by atoms with Crippen molar-refractivity contribution in [2.24, 2.45) is 5.92 Å². The van der Waals surface area contributed by atoms with E-state index in [1.165, 1.54) is 0 Å². The maximum absolute atomic E-state index is 12.4. The first-order valence-electron chi connectivity index (χ1n) is 6.92. The molecule has 1 rings (SSSR count). The Hall–Kier alpha value is -1.79. The maximum atomic E-state index is 12.4. The topological polar surface area (TPSA) is 40.5 Å². The van der Waals surface area contributed by atoms with Gasteiger partial charge in [0.25, 0.3) is 5.91 Å². The predicted molar refractivity (Wildman–Crippen MR) is 81.4 cm³/mol. The molecule has 0 saturated carbocycles. The van der Waals surface area contributed by atoms with Crippen molar-refractivity contribution >= 4 is 5.91 Å². The van der Waals surface area contributed by atoms with Crippen LogP contribution in [-0.4, -0.2) is 35.6 Å². The monoisotopic (exact) mass is 273 g/mol. The Morgan fingerprint density at radius 2 is 2.05 bits per heavy atom. The summed E-state index contributed by atoms with van der Waals surface area (Å²) in [4.78, 5) is 14.2. The number of rotatable bonds is 4. The van der Waals surface area contributed by atoms with Crippen LogP contribution in [0.5, 0.6) is 0 Å². The van der Waals surface area contributed by atoms with Crippen LogP contribution >= 0.6 is 0 Å². The third-order valence-corrected chi connectivity index (χ3v) is 3.22. The van der Waals surface area contributed by atoms with Crippen LogP contribution in [0.3, 0.4) is 0 Å². The molecule has 1 N–H and O–H groups in total. The highest BCUT2D eigenvalue weighted by atomic mass is 16.2. The van der Waals surface area contributed by atoms with Gasteiger partial charge in [-0.25, -0.2) is 0 Å². The minimum atomic E-state index is -0.177. The first-order valence-corrected chi connectivity index (χ1v) is 6.92. The number of amides is 1. The van der Waals surface area contributed by atoms with Crippen molar-refractivity contribution in [2.75, 3.05) is 13.7 Å². The summed E-state index contributed by atoms with van der Waals surface area (Å²) in [5.74, 6) is 5.97. The second-order valence-electron chi connectivity index (χ2n) is 5.44. The van der Waals surface area contributed by atoms with Gasteiger partial charge in [0.15, 0.2) is 0 Å². The SMILES string of the molecule is CC(C)CC(C)N(C)C(=O)c1cccc(C#CCO)c1. The second kappa shape index (κ2) is 7.72. The van der Waals surface area contributed by atoms with Crippen molar-refractivity contribution in [1.82, 2.24) is 4.90 Å². The Balaban J connectivity index is 2.86. The Kier molecular flexibility index (Phi) is 6.27. The van der Waals surface area contributed by atoms with E-state index in [9.17, 15) is 4.79 Å². The Labute approximate surface area is 121 Å². The van der Waals surface area contributed by atoms with Gasteiger partial charge in [0.05, 0.1) is 0 Å². The molecule has 3 nitrogen and oxygen atoms in total. The van der Waals surface area contributed by atoms with Crippen molar-refractivity contribution < 1.29 is 9.90 Å². The normalized spacial score (nSPS) is 11.7. The fourth-order valence-corrected chi connectivity index (χ4v) is 2.12. The van der Waals surface area contributed by atoms with Gasteiger partial charge >= 0.3 is 0 Å². The molecule has 1 aromatic rings. The largest absolute Gasteiger partial charge is 0.384 e. The summed E-state index contributed by atoms with van der Waals surface area (Å²) in [5.41, 5.74) is 1.38. The number of nitrogens with zero attached hydrogens (tertiary/aromatic N) is 1. The van der Waals surface area contributed by atoms with E-state index < -0.39 is 0 Å². The zero-order chi connectivity index (χ0) is 15.1. The van der Waals surface area contributed by atoms with Crippen LogP contribution in [0.2, 0.25) is 0 Å². The van der Waals surface area contributed by atoms with E-state index >= 15 is 0 Å². The average molecular weight is 273 g/mol. The van der Waals surface area contributed by atoms with Crippen LogP contribution in [0, 0.1) is 17.8 Å². The lowest BCUT2D eigenvalue weighted by molar-refractivity contribution is 0.0728. The molecule has 1 aromatic carbocycles. The molecule has 1 unspecified atom stereocenters. The zero-order valence-electron chi connectivity index (χ0n) is 12.7. The van der Waals surface area contributed by atoms with Gasteiger partial charge in [0.1, 0.15) is 6.61 Å². The molecule has 0 aromatic heterocycles. The number of aliphatic hydroxyl groups excluding tert-OH is 1. The molecule has 0 heterocycles. The Morgan fingerprint density at radius 3 is 2.65 bits per heavy atom. The molecule has 0 fully saturated rings. The summed E-state index contributed by atoms with van der Waals surface area (Å²) >= 11 is 0. The van der Waals surface area contributed by atoms with Crippen molar-refractivity contribution in [3.05, 3.63) is 35.4 Å². The molecule has 3 heteroatoms. The number of aliphatic hydroxyl groups is 1. The van der Waals surface area contributed by atoms with Gasteiger partial charge in [-0.3, -0.25) is 4.79 Å². The highest BCUT2D eigenvalue weighted by Crippen LogP contribution is 2.14. The quantitative estimate of drug-likeness (QED) is 0.856. The van der Waals surface area contributed by atoms with Crippen LogP contribution < -0.4 is 0 Å². The van der Waals surface area contributed by atoms with Crippen molar-refractivity contribution in [2.45, 2.75) is 33.2 Å². The zero-order valence-corrected chi connectivity index (χ0v) is 12.7.